The summed E-state index contributed by atoms with van der Waals surface area (Å²) in [6, 6.07) is 13.4. The highest BCUT2D eigenvalue weighted by molar-refractivity contribution is 8.93. The fourth-order valence-corrected chi connectivity index (χ4v) is 4.68. The fourth-order valence-electron chi connectivity index (χ4n) is 2.52. The minimum absolute atomic E-state index is 0. The molecule has 2 aromatic carbocycles. The number of aryl methyl sites for hydroxylation is 1. The van der Waals surface area contributed by atoms with Crippen LogP contribution in [-0.4, -0.2) is 8.42 Å². The van der Waals surface area contributed by atoms with Crippen LogP contribution in [0, 0.1) is 0 Å². The van der Waals surface area contributed by atoms with E-state index < -0.39 is 9.05 Å². The second kappa shape index (κ2) is 9.17. The van der Waals surface area contributed by atoms with E-state index in [1.54, 1.807) is 12.1 Å². The summed E-state index contributed by atoms with van der Waals surface area (Å²) in [6.07, 6.45) is 3.03. The van der Waals surface area contributed by atoms with Gasteiger partial charge in [-0.15, -0.1) is 17.0 Å². The van der Waals surface area contributed by atoms with Crippen LogP contribution in [0.4, 0.5) is 0 Å². The third-order valence-electron chi connectivity index (χ3n) is 3.70. The molecule has 0 N–H and O–H groups in total. The lowest BCUT2D eigenvalue weighted by molar-refractivity contribution is 0.609. The van der Waals surface area contributed by atoms with E-state index in [1.165, 1.54) is 16.4 Å². The van der Waals surface area contributed by atoms with Gasteiger partial charge in [0.1, 0.15) is 0 Å². The van der Waals surface area contributed by atoms with E-state index in [2.05, 4.69) is 32.0 Å². The molecule has 0 spiro atoms. The van der Waals surface area contributed by atoms with E-state index in [1.807, 2.05) is 12.1 Å². The van der Waals surface area contributed by atoms with Gasteiger partial charge in [0.05, 0.1) is 4.90 Å². The lowest BCUT2D eigenvalue weighted by Crippen LogP contribution is -2.07. The van der Waals surface area contributed by atoms with Crippen molar-refractivity contribution < 1.29 is 8.42 Å². The standard InChI is InChI=1S/C17H20ClO2PS.BrH/c1-3-14-6-5-7-17(16(14)4-2)21-12-13-8-10-15(11-9-13)22(18,19)20;/h5-11,21H,3-4,12H2,1-2H3;1H. The second-order valence-electron chi connectivity index (χ2n) is 5.09. The van der Waals surface area contributed by atoms with Crippen LogP contribution in [0.3, 0.4) is 0 Å². The molecule has 0 saturated heterocycles. The van der Waals surface area contributed by atoms with E-state index in [0.29, 0.717) is 8.58 Å². The molecule has 6 heteroatoms. The molecule has 0 radical (unpaired) electrons. The van der Waals surface area contributed by atoms with Gasteiger partial charge < -0.3 is 0 Å². The molecule has 0 aliphatic rings. The molecule has 0 fully saturated rings. The first-order valence-electron chi connectivity index (χ1n) is 7.34. The fraction of sp³-hybridized carbons (Fsp3) is 0.294. The minimum atomic E-state index is -3.63. The molecular formula is C17H21BrClO2PS. The summed E-state index contributed by atoms with van der Waals surface area (Å²) in [7, 11) is 2.39. The van der Waals surface area contributed by atoms with Gasteiger partial charge in [-0.2, -0.15) is 0 Å². The summed E-state index contributed by atoms with van der Waals surface area (Å²) in [5, 5.41) is 1.41. The highest BCUT2D eigenvalue weighted by Gasteiger charge is 2.09. The van der Waals surface area contributed by atoms with Gasteiger partial charge in [0, 0.05) is 10.7 Å². The Morgan fingerprint density at radius 3 is 2.17 bits per heavy atom. The maximum absolute atomic E-state index is 11.2. The molecule has 0 amide bonds. The van der Waals surface area contributed by atoms with Gasteiger partial charge in [-0.1, -0.05) is 52.8 Å². The molecule has 2 nitrogen and oxygen atoms in total. The average Bonchev–Trinajstić information content (AvgIpc) is 2.51. The number of benzene rings is 2. The van der Waals surface area contributed by atoms with Crippen LogP contribution in [0.5, 0.6) is 0 Å². The minimum Gasteiger partial charge on any atom is -0.207 e. The average molecular weight is 436 g/mol. The SMILES string of the molecule is Br.CCc1cccc(PCc2ccc(S(=O)(=O)Cl)cc2)c1CC. The summed E-state index contributed by atoms with van der Waals surface area (Å²) < 4.78 is 22.5. The Balaban J connectivity index is 0.00000264. The molecule has 2 aromatic rings. The lowest BCUT2D eigenvalue weighted by atomic mass is 10.0. The molecule has 0 aliphatic heterocycles. The van der Waals surface area contributed by atoms with Crippen LogP contribution in [0.15, 0.2) is 47.4 Å². The Bertz CT molecular complexity index is 746. The molecule has 23 heavy (non-hydrogen) atoms. The molecule has 0 bridgehead atoms. The van der Waals surface area contributed by atoms with Crippen LogP contribution >= 0.6 is 36.2 Å². The van der Waals surface area contributed by atoms with Crippen molar-refractivity contribution in [3.05, 3.63) is 59.2 Å². The molecule has 0 aromatic heterocycles. The summed E-state index contributed by atoms with van der Waals surface area (Å²) >= 11 is 0. The predicted octanol–water partition coefficient (Wildman–Crippen LogP) is 4.82. The van der Waals surface area contributed by atoms with Crippen molar-refractivity contribution in [3.8, 4) is 0 Å². The van der Waals surface area contributed by atoms with E-state index >= 15 is 0 Å². The number of hydrogen-bond donors (Lipinski definition) is 0. The normalized spacial score (nSPS) is 11.6. The Kier molecular flexibility index (Phi) is 8.23. The summed E-state index contributed by atoms with van der Waals surface area (Å²) in [5.74, 6) is 0. The largest absolute Gasteiger partial charge is 0.261 e. The second-order valence-corrected chi connectivity index (χ2v) is 8.90. The maximum atomic E-state index is 11.2. The highest BCUT2D eigenvalue weighted by Crippen LogP contribution is 2.24. The Hall–Kier alpha value is -0.410. The van der Waals surface area contributed by atoms with Crippen molar-refractivity contribution in [2.24, 2.45) is 0 Å². The zero-order chi connectivity index (χ0) is 16.2. The van der Waals surface area contributed by atoms with Gasteiger partial charge in [-0.3, -0.25) is 0 Å². The van der Waals surface area contributed by atoms with Gasteiger partial charge in [0.2, 0.25) is 0 Å². The molecule has 0 heterocycles. The van der Waals surface area contributed by atoms with Crippen LogP contribution in [0.25, 0.3) is 0 Å². The van der Waals surface area contributed by atoms with E-state index in [-0.39, 0.29) is 21.9 Å². The van der Waals surface area contributed by atoms with Crippen LogP contribution in [0.1, 0.15) is 30.5 Å². The van der Waals surface area contributed by atoms with Crippen molar-refractivity contribution in [2.45, 2.75) is 37.7 Å². The topological polar surface area (TPSA) is 34.1 Å². The van der Waals surface area contributed by atoms with Crippen molar-refractivity contribution in [3.63, 3.8) is 0 Å². The quantitative estimate of drug-likeness (QED) is 0.481. The highest BCUT2D eigenvalue weighted by atomic mass is 79.9. The summed E-state index contributed by atoms with van der Waals surface area (Å²) in [5.41, 5.74) is 4.02. The Morgan fingerprint density at radius 2 is 1.65 bits per heavy atom. The van der Waals surface area contributed by atoms with E-state index in [9.17, 15) is 8.42 Å². The smallest absolute Gasteiger partial charge is 0.207 e. The van der Waals surface area contributed by atoms with E-state index in [4.69, 9.17) is 10.7 Å². The van der Waals surface area contributed by atoms with Crippen molar-refractivity contribution >= 4 is 50.6 Å². The van der Waals surface area contributed by atoms with Gasteiger partial charge in [-0.25, -0.2) is 8.42 Å². The van der Waals surface area contributed by atoms with Crippen molar-refractivity contribution in [1.29, 1.82) is 0 Å². The van der Waals surface area contributed by atoms with Gasteiger partial charge in [0.25, 0.3) is 9.05 Å². The predicted molar refractivity (Wildman–Crippen MR) is 107 cm³/mol. The van der Waals surface area contributed by atoms with E-state index in [0.717, 1.165) is 24.6 Å². The molecule has 0 saturated carbocycles. The summed E-state index contributed by atoms with van der Waals surface area (Å²) in [4.78, 5) is 0.156. The van der Waals surface area contributed by atoms with Gasteiger partial charge in [0.15, 0.2) is 0 Å². The monoisotopic (exact) mass is 434 g/mol. The molecule has 126 valence electrons. The summed E-state index contributed by atoms with van der Waals surface area (Å²) in [6.45, 7) is 4.38. The molecular weight excluding hydrogens is 415 g/mol. The Labute approximate surface area is 155 Å². The molecule has 1 atom stereocenters. The lowest BCUT2D eigenvalue weighted by Gasteiger charge is -2.12. The van der Waals surface area contributed by atoms with Gasteiger partial charge in [-0.05, 0) is 53.1 Å². The maximum Gasteiger partial charge on any atom is 0.261 e. The zero-order valence-electron chi connectivity index (χ0n) is 13.2. The number of hydrogen-bond acceptors (Lipinski definition) is 2. The van der Waals surface area contributed by atoms with Crippen LogP contribution in [0.2, 0.25) is 0 Å². The van der Waals surface area contributed by atoms with Crippen LogP contribution < -0.4 is 5.30 Å². The van der Waals surface area contributed by atoms with Crippen LogP contribution in [-0.2, 0) is 28.1 Å². The zero-order valence-corrected chi connectivity index (χ0v) is 17.5. The van der Waals surface area contributed by atoms with Crippen molar-refractivity contribution in [2.75, 3.05) is 0 Å². The third kappa shape index (κ3) is 5.56. The number of halogens is 2. The molecule has 2 rings (SSSR count). The Morgan fingerprint density at radius 1 is 1.00 bits per heavy atom. The van der Waals surface area contributed by atoms with Gasteiger partial charge >= 0.3 is 0 Å². The number of rotatable bonds is 6. The first kappa shape index (κ1) is 20.6. The molecule has 1 unspecified atom stereocenters. The van der Waals surface area contributed by atoms with Crippen molar-refractivity contribution in [1.82, 2.24) is 0 Å². The molecule has 0 aliphatic carbocycles. The third-order valence-corrected chi connectivity index (χ3v) is 6.50. The first-order chi connectivity index (χ1) is 10.5. The first-order valence-corrected chi connectivity index (χ1v) is 10.9.